The predicted molar refractivity (Wildman–Crippen MR) is 63.5 cm³/mol. The van der Waals surface area contributed by atoms with Gasteiger partial charge in [0, 0.05) is 5.69 Å². The van der Waals surface area contributed by atoms with Crippen molar-refractivity contribution in [2.45, 2.75) is 13.5 Å². The van der Waals surface area contributed by atoms with Gasteiger partial charge < -0.3 is 15.1 Å². The molecular weight excluding hydrogens is 218 g/mol. The van der Waals surface area contributed by atoms with Gasteiger partial charge in [0.25, 0.3) is 0 Å². The molecule has 0 unspecified atom stereocenters. The summed E-state index contributed by atoms with van der Waals surface area (Å²) in [6.07, 6.45) is 1.62. The van der Waals surface area contributed by atoms with Gasteiger partial charge in [-0.15, -0.1) is 0 Å². The maximum atomic E-state index is 11.5. The summed E-state index contributed by atoms with van der Waals surface area (Å²) in [6.45, 7) is 2.08. The van der Waals surface area contributed by atoms with E-state index in [2.05, 4.69) is 15.6 Å². The van der Waals surface area contributed by atoms with Gasteiger partial charge in [0.05, 0.1) is 12.7 Å². The fourth-order valence-corrected chi connectivity index (χ4v) is 1.34. The molecule has 0 fully saturated rings. The molecule has 0 bridgehead atoms. The molecule has 0 aliphatic rings. The van der Waals surface area contributed by atoms with Crippen molar-refractivity contribution in [3.63, 3.8) is 0 Å². The number of nitrogens with zero attached hydrogens (tertiary/aromatic N) is 1. The number of para-hydroxylation sites is 1. The highest BCUT2D eigenvalue weighted by Crippen LogP contribution is 2.05. The summed E-state index contributed by atoms with van der Waals surface area (Å²) in [5, 5.41) is 5.35. The van der Waals surface area contributed by atoms with Gasteiger partial charge >= 0.3 is 6.03 Å². The van der Waals surface area contributed by atoms with E-state index >= 15 is 0 Å². The Balaban J connectivity index is 1.82. The minimum Gasteiger partial charge on any atom is -0.444 e. The maximum absolute atomic E-state index is 11.5. The highest BCUT2D eigenvalue weighted by Gasteiger charge is 2.04. The third kappa shape index (κ3) is 3.34. The Bertz CT molecular complexity index is 493. The molecule has 1 heterocycles. The van der Waals surface area contributed by atoms with Crippen LogP contribution in [0.4, 0.5) is 10.5 Å². The first kappa shape index (κ1) is 11.2. The Hall–Kier alpha value is -2.30. The smallest absolute Gasteiger partial charge is 0.319 e. The zero-order valence-electron chi connectivity index (χ0n) is 9.43. The number of aryl methyl sites for hydroxylation is 1. The van der Waals surface area contributed by atoms with Gasteiger partial charge in [-0.1, -0.05) is 18.2 Å². The topological polar surface area (TPSA) is 67.2 Å². The average molecular weight is 231 g/mol. The van der Waals surface area contributed by atoms with E-state index in [0.29, 0.717) is 5.89 Å². The van der Waals surface area contributed by atoms with Crippen molar-refractivity contribution in [2.24, 2.45) is 0 Å². The van der Waals surface area contributed by atoms with E-state index in [1.54, 1.807) is 13.1 Å². The summed E-state index contributed by atoms with van der Waals surface area (Å²) in [6, 6.07) is 8.94. The van der Waals surface area contributed by atoms with Gasteiger partial charge in [0.2, 0.25) is 5.89 Å². The number of nitrogens with one attached hydrogen (secondary N) is 2. The summed E-state index contributed by atoms with van der Waals surface area (Å²) < 4.78 is 5.23. The quantitative estimate of drug-likeness (QED) is 0.851. The van der Waals surface area contributed by atoms with Crippen LogP contribution in [0.2, 0.25) is 0 Å². The zero-order chi connectivity index (χ0) is 12.1. The molecule has 0 radical (unpaired) electrons. The Morgan fingerprint density at radius 3 is 2.76 bits per heavy atom. The van der Waals surface area contributed by atoms with Gasteiger partial charge in [-0.25, -0.2) is 9.78 Å². The van der Waals surface area contributed by atoms with Gasteiger partial charge in [-0.3, -0.25) is 0 Å². The Morgan fingerprint density at radius 1 is 1.35 bits per heavy atom. The molecule has 2 amide bonds. The number of oxazole rings is 1. The second-order valence-electron chi connectivity index (χ2n) is 3.54. The standard InChI is InChI=1S/C12H13N3O2/c1-9-7-13-11(17-9)8-14-12(16)15-10-5-3-2-4-6-10/h2-7H,8H2,1H3,(H2,14,15,16). The molecule has 0 aliphatic heterocycles. The van der Waals surface area contributed by atoms with Crippen molar-refractivity contribution in [3.8, 4) is 0 Å². The fraction of sp³-hybridized carbons (Fsp3) is 0.167. The first-order valence-electron chi connectivity index (χ1n) is 5.25. The second kappa shape index (κ2) is 5.16. The second-order valence-corrected chi connectivity index (χ2v) is 3.54. The van der Waals surface area contributed by atoms with Crippen LogP contribution in [0.3, 0.4) is 0 Å². The van der Waals surface area contributed by atoms with Gasteiger partial charge in [-0.2, -0.15) is 0 Å². The van der Waals surface area contributed by atoms with E-state index in [0.717, 1.165) is 11.4 Å². The van der Waals surface area contributed by atoms with E-state index in [1.807, 2.05) is 30.3 Å². The predicted octanol–water partition coefficient (Wildman–Crippen LogP) is 2.30. The number of amides is 2. The average Bonchev–Trinajstić information content (AvgIpc) is 2.74. The van der Waals surface area contributed by atoms with Gasteiger partial charge in [0.1, 0.15) is 5.76 Å². The normalized spacial score (nSPS) is 9.94. The summed E-state index contributed by atoms with van der Waals surface area (Å²) >= 11 is 0. The summed E-state index contributed by atoms with van der Waals surface area (Å²) in [4.78, 5) is 15.5. The van der Waals surface area contributed by atoms with Crippen LogP contribution in [0.15, 0.2) is 40.9 Å². The minimum atomic E-state index is -0.285. The van der Waals surface area contributed by atoms with Crippen LogP contribution >= 0.6 is 0 Å². The number of urea groups is 1. The molecule has 17 heavy (non-hydrogen) atoms. The number of rotatable bonds is 3. The Morgan fingerprint density at radius 2 is 2.12 bits per heavy atom. The number of anilines is 1. The molecule has 2 N–H and O–H groups in total. The lowest BCUT2D eigenvalue weighted by atomic mass is 10.3. The Kier molecular flexibility index (Phi) is 3.40. The molecule has 88 valence electrons. The van der Waals surface area contributed by atoms with E-state index in [9.17, 15) is 4.79 Å². The minimum absolute atomic E-state index is 0.270. The van der Waals surface area contributed by atoms with E-state index in [-0.39, 0.29) is 12.6 Å². The molecule has 0 saturated heterocycles. The molecule has 0 spiro atoms. The van der Waals surface area contributed by atoms with Crippen molar-refractivity contribution >= 4 is 11.7 Å². The summed E-state index contributed by atoms with van der Waals surface area (Å²) in [5.41, 5.74) is 0.744. The number of hydrogen-bond donors (Lipinski definition) is 2. The van der Waals surface area contributed by atoms with Crippen LogP contribution in [-0.4, -0.2) is 11.0 Å². The molecule has 5 nitrogen and oxygen atoms in total. The monoisotopic (exact) mass is 231 g/mol. The maximum Gasteiger partial charge on any atom is 0.319 e. The lowest BCUT2D eigenvalue weighted by Crippen LogP contribution is -2.28. The third-order valence-electron chi connectivity index (χ3n) is 2.10. The number of carbonyl (C=O) groups is 1. The number of hydrogen-bond acceptors (Lipinski definition) is 3. The SMILES string of the molecule is Cc1cnc(CNC(=O)Nc2ccccc2)o1. The highest BCUT2D eigenvalue weighted by molar-refractivity contribution is 5.88. The third-order valence-corrected chi connectivity index (χ3v) is 2.10. The molecule has 0 aliphatic carbocycles. The molecule has 0 atom stereocenters. The first-order chi connectivity index (χ1) is 8.24. The molecule has 1 aromatic heterocycles. The van der Waals surface area contributed by atoms with Crippen LogP contribution in [0.1, 0.15) is 11.7 Å². The number of carbonyl (C=O) groups excluding carboxylic acids is 1. The van der Waals surface area contributed by atoms with Gasteiger partial charge in [-0.05, 0) is 19.1 Å². The molecular formula is C12H13N3O2. The molecule has 0 saturated carbocycles. The first-order valence-corrected chi connectivity index (χ1v) is 5.25. The highest BCUT2D eigenvalue weighted by atomic mass is 16.4. The van der Waals surface area contributed by atoms with Crippen molar-refractivity contribution < 1.29 is 9.21 Å². The molecule has 2 aromatic rings. The number of aromatic nitrogens is 1. The van der Waals surface area contributed by atoms with Crippen molar-refractivity contribution in [2.75, 3.05) is 5.32 Å². The van der Waals surface area contributed by atoms with Crippen LogP contribution in [0.25, 0.3) is 0 Å². The Labute approximate surface area is 98.9 Å². The molecule has 1 aromatic carbocycles. The van der Waals surface area contributed by atoms with E-state index < -0.39 is 0 Å². The van der Waals surface area contributed by atoms with Crippen molar-refractivity contribution in [1.29, 1.82) is 0 Å². The van der Waals surface area contributed by atoms with Crippen LogP contribution in [0, 0.1) is 6.92 Å². The molecule has 2 rings (SSSR count). The fourth-order valence-electron chi connectivity index (χ4n) is 1.34. The van der Waals surface area contributed by atoms with Crippen molar-refractivity contribution in [1.82, 2.24) is 10.3 Å². The van der Waals surface area contributed by atoms with Crippen LogP contribution in [-0.2, 0) is 6.54 Å². The van der Waals surface area contributed by atoms with Crippen LogP contribution in [0.5, 0.6) is 0 Å². The van der Waals surface area contributed by atoms with E-state index in [1.165, 1.54) is 0 Å². The largest absolute Gasteiger partial charge is 0.444 e. The molecule has 5 heteroatoms. The lowest BCUT2D eigenvalue weighted by molar-refractivity contribution is 0.250. The summed E-state index contributed by atoms with van der Waals surface area (Å²) in [7, 11) is 0. The van der Waals surface area contributed by atoms with E-state index in [4.69, 9.17) is 4.42 Å². The number of benzene rings is 1. The summed E-state index contributed by atoms with van der Waals surface area (Å²) in [5.74, 6) is 1.22. The van der Waals surface area contributed by atoms with Crippen LogP contribution < -0.4 is 10.6 Å². The van der Waals surface area contributed by atoms with Gasteiger partial charge in [0.15, 0.2) is 0 Å². The zero-order valence-corrected chi connectivity index (χ0v) is 9.43. The lowest BCUT2D eigenvalue weighted by Gasteiger charge is -2.05. The van der Waals surface area contributed by atoms with Crippen molar-refractivity contribution in [3.05, 3.63) is 48.2 Å².